The minimum absolute atomic E-state index is 0.493. The summed E-state index contributed by atoms with van der Waals surface area (Å²) in [4.78, 5) is 0. The first kappa shape index (κ1) is 10.7. The molecule has 4 heteroatoms. The number of rotatable bonds is 1. The second kappa shape index (κ2) is 4.77. The summed E-state index contributed by atoms with van der Waals surface area (Å²) >= 11 is 4.98. The van der Waals surface area contributed by atoms with Crippen molar-refractivity contribution in [1.29, 1.82) is 0 Å². The van der Waals surface area contributed by atoms with E-state index in [1.807, 2.05) is 0 Å². The van der Waals surface area contributed by atoms with Crippen LogP contribution in [0.5, 0.6) is 0 Å². The summed E-state index contributed by atoms with van der Waals surface area (Å²) < 4.78 is 0. The summed E-state index contributed by atoms with van der Waals surface area (Å²) in [6.07, 6.45) is 3.83. The number of hydrogen-bond acceptors (Lipinski definition) is 2. The fourth-order valence-corrected chi connectivity index (χ4v) is 2.15. The summed E-state index contributed by atoms with van der Waals surface area (Å²) in [5.41, 5.74) is 2.47. The molecule has 0 heterocycles. The van der Waals surface area contributed by atoms with E-state index >= 15 is 0 Å². The van der Waals surface area contributed by atoms with Gasteiger partial charge in [-0.05, 0) is 30.5 Å². The molecular weight excluding hydrogens is 182 g/mol. The van der Waals surface area contributed by atoms with Crippen LogP contribution >= 0.6 is 12.2 Å². The Kier molecular flexibility index (Phi) is 3.93. The highest BCUT2D eigenvalue weighted by atomic mass is 32.1. The van der Waals surface area contributed by atoms with Gasteiger partial charge in [-0.15, -0.1) is 0 Å². The molecule has 1 rings (SSSR count). The van der Waals surface area contributed by atoms with E-state index in [2.05, 4.69) is 24.6 Å². The van der Waals surface area contributed by atoms with E-state index in [0.717, 1.165) is 5.92 Å². The molecule has 0 saturated heterocycles. The van der Waals surface area contributed by atoms with Crippen molar-refractivity contribution in [2.75, 3.05) is 0 Å². The maximum Gasteiger partial charge on any atom is 0.180 e. The van der Waals surface area contributed by atoms with Crippen LogP contribution in [0.25, 0.3) is 0 Å². The molecular formula is C9H19N3S. The lowest BCUT2D eigenvalue weighted by molar-refractivity contribution is 0.224. The van der Waals surface area contributed by atoms with Gasteiger partial charge in [0.05, 0.1) is 0 Å². The predicted molar refractivity (Wildman–Crippen MR) is 59.0 cm³/mol. The smallest absolute Gasteiger partial charge is 0.180 e. The van der Waals surface area contributed by atoms with Crippen LogP contribution in [-0.4, -0.2) is 11.2 Å². The lowest BCUT2D eigenvalue weighted by Crippen LogP contribution is -2.49. The van der Waals surface area contributed by atoms with E-state index in [1.54, 1.807) is 0 Å². The lowest BCUT2D eigenvalue weighted by Gasteiger charge is -2.35. The Morgan fingerprint density at radius 3 is 2.69 bits per heavy atom. The van der Waals surface area contributed by atoms with Crippen LogP contribution in [0.2, 0.25) is 0 Å². The summed E-state index contributed by atoms with van der Waals surface area (Å²) in [5, 5.41) is 3.81. The van der Waals surface area contributed by atoms with Crippen molar-refractivity contribution in [1.82, 2.24) is 10.7 Å². The van der Waals surface area contributed by atoms with Crippen LogP contribution in [0, 0.1) is 11.8 Å². The van der Waals surface area contributed by atoms with Crippen LogP contribution in [0.4, 0.5) is 0 Å². The molecule has 1 fully saturated rings. The van der Waals surface area contributed by atoms with Crippen molar-refractivity contribution in [3.63, 3.8) is 0 Å². The highest BCUT2D eigenvalue weighted by Gasteiger charge is 2.27. The fourth-order valence-electron chi connectivity index (χ4n) is 2.00. The third-order valence-electron chi connectivity index (χ3n) is 3.15. The second-order valence-electron chi connectivity index (χ2n) is 3.99. The van der Waals surface area contributed by atoms with Gasteiger partial charge >= 0.3 is 0 Å². The molecule has 0 spiro atoms. The zero-order valence-electron chi connectivity index (χ0n) is 8.34. The predicted octanol–water partition coefficient (Wildman–Crippen LogP) is 1.15. The van der Waals surface area contributed by atoms with Gasteiger partial charge in [-0.3, -0.25) is 0 Å². The highest BCUT2D eigenvalue weighted by molar-refractivity contribution is 7.80. The van der Waals surface area contributed by atoms with Gasteiger partial charge in [-0.25, -0.2) is 5.84 Å². The highest BCUT2D eigenvalue weighted by Crippen LogP contribution is 2.29. The van der Waals surface area contributed by atoms with E-state index in [0.29, 0.717) is 17.1 Å². The number of nitrogens with two attached hydrogens (primary N) is 1. The SMILES string of the molecule is C[C@H]1[C@H](C)CCC[C@@H]1NC(=S)NN. The van der Waals surface area contributed by atoms with Crippen LogP contribution in [-0.2, 0) is 0 Å². The Balaban J connectivity index is 2.43. The molecule has 0 aliphatic heterocycles. The molecule has 1 saturated carbocycles. The summed E-state index contributed by atoms with van der Waals surface area (Å²) in [5.74, 6) is 6.68. The topological polar surface area (TPSA) is 50.1 Å². The number of hydrogen-bond donors (Lipinski definition) is 3. The number of nitrogens with one attached hydrogen (secondary N) is 2. The van der Waals surface area contributed by atoms with Gasteiger partial charge in [0.2, 0.25) is 0 Å². The van der Waals surface area contributed by atoms with Crippen molar-refractivity contribution >= 4 is 17.3 Å². The largest absolute Gasteiger partial charge is 0.359 e. The molecule has 0 aromatic rings. The quantitative estimate of drug-likeness (QED) is 0.338. The van der Waals surface area contributed by atoms with Gasteiger partial charge in [-0.2, -0.15) is 0 Å². The Hall–Kier alpha value is -0.350. The molecule has 1 aliphatic carbocycles. The number of hydrazine groups is 1. The summed E-state index contributed by atoms with van der Waals surface area (Å²) in [7, 11) is 0. The molecule has 0 unspecified atom stereocenters. The van der Waals surface area contributed by atoms with Crippen molar-refractivity contribution in [2.45, 2.75) is 39.2 Å². The second-order valence-corrected chi connectivity index (χ2v) is 4.40. The maximum absolute atomic E-state index is 5.22. The van der Waals surface area contributed by atoms with Gasteiger partial charge in [0.15, 0.2) is 5.11 Å². The molecule has 0 radical (unpaired) electrons. The maximum atomic E-state index is 5.22. The molecule has 0 amide bonds. The Bertz CT molecular complexity index is 184. The Morgan fingerprint density at radius 1 is 1.38 bits per heavy atom. The van der Waals surface area contributed by atoms with Crippen molar-refractivity contribution in [3.05, 3.63) is 0 Å². The number of thiocarbonyl (C=S) groups is 1. The molecule has 4 N–H and O–H groups in total. The first-order valence-corrected chi connectivity index (χ1v) is 5.33. The fraction of sp³-hybridized carbons (Fsp3) is 0.889. The molecule has 0 aromatic heterocycles. The minimum atomic E-state index is 0.493. The van der Waals surface area contributed by atoms with Crippen molar-refractivity contribution in [3.8, 4) is 0 Å². The van der Waals surface area contributed by atoms with E-state index in [4.69, 9.17) is 18.1 Å². The van der Waals surface area contributed by atoms with Crippen LogP contribution in [0.3, 0.4) is 0 Å². The summed E-state index contributed by atoms with van der Waals surface area (Å²) in [6.45, 7) is 4.58. The van der Waals surface area contributed by atoms with Gasteiger partial charge in [0.1, 0.15) is 0 Å². The third kappa shape index (κ3) is 2.81. The van der Waals surface area contributed by atoms with Gasteiger partial charge in [-0.1, -0.05) is 26.7 Å². The van der Waals surface area contributed by atoms with E-state index < -0.39 is 0 Å². The zero-order valence-corrected chi connectivity index (χ0v) is 9.16. The third-order valence-corrected chi connectivity index (χ3v) is 3.39. The van der Waals surface area contributed by atoms with Crippen LogP contribution in [0.15, 0.2) is 0 Å². The first-order chi connectivity index (χ1) is 6.15. The van der Waals surface area contributed by atoms with Crippen molar-refractivity contribution in [2.24, 2.45) is 17.7 Å². The molecule has 3 atom stereocenters. The average molecular weight is 201 g/mol. The van der Waals surface area contributed by atoms with E-state index in [9.17, 15) is 0 Å². The molecule has 0 bridgehead atoms. The van der Waals surface area contributed by atoms with Crippen LogP contribution in [0.1, 0.15) is 33.1 Å². The minimum Gasteiger partial charge on any atom is -0.359 e. The molecule has 0 aromatic carbocycles. The summed E-state index contributed by atoms with van der Waals surface area (Å²) in [6, 6.07) is 0.493. The van der Waals surface area contributed by atoms with Gasteiger partial charge < -0.3 is 10.7 Å². The van der Waals surface area contributed by atoms with Gasteiger partial charge in [0.25, 0.3) is 0 Å². The lowest BCUT2D eigenvalue weighted by atomic mass is 9.78. The normalized spacial score (nSPS) is 33.9. The Morgan fingerprint density at radius 2 is 2.08 bits per heavy atom. The molecule has 1 aliphatic rings. The molecule has 76 valence electrons. The van der Waals surface area contributed by atoms with E-state index in [-0.39, 0.29) is 0 Å². The molecule has 13 heavy (non-hydrogen) atoms. The van der Waals surface area contributed by atoms with Crippen LogP contribution < -0.4 is 16.6 Å². The standard InChI is InChI=1S/C9H19N3S/c1-6-4-3-5-8(7(6)2)11-9(13)12-10/h6-8H,3-5,10H2,1-2H3,(H2,11,12,13)/t6-,7+,8+/m1/s1. The zero-order chi connectivity index (χ0) is 9.84. The van der Waals surface area contributed by atoms with E-state index in [1.165, 1.54) is 19.3 Å². The average Bonchev–Trinajstić information content (AvgIpc) is 2.13. The van der Waals surface area contributed by atoms with Gasteiger partial charge in [0, 0.05) is 6.04 Å². The van der Waals surface area contributed by atoms with Crippen molar-refractivity contribution < 1.29 is 0 Å². The first-order valence-electron chi connectivity index (χ1n) is 4.92. The monoisotopic (exact) mass is 201 g/mol. The Labute approximate surface area is 85.4 Å². The molecule has 3 nitrogen and oxygen atoms in total.